The summed E-state index contributed by atoms with van der Waals surface area (Å²) >= 11 is 12.3. The van der Waals surface area contributed by atoms with Crippen molar-refractivity contribution >= 4 is 35.2 Å². The molecule has 0 aromatic heterocycles. The number of carbonyl (C=O) groups is 1. The lowest BCUT2D eigenvalue weighted by molar-refractivity contribution is -0.425. The van der Waals surface area contributed by atoms with Crippen LogP contribution in [0.4, 0.5) is 0 Å². The van der Waals surface area contributed by atoms with E-state index in [-0.39, 0.29) is 27.9 Å². The molecule has 6 nitrogen and oxygen atoms in total. The largest absolute Gasteiger partial charge is 0.478 e. The van der Waals surface area contributed by atoms with Gasteiger partial charge in [0.15, 0.2) is 0 Å². The van der Waals surface area contributed by atoms with Crippen LogP contribution in [0.15, 0.2) is 17.8 Å². The second-order valence-electron chi connectivity index (χ2n) is 5.28. The van der Waals surface area contributed by atoms with E-state index in [0.29, 0.717) is 18.4 Å². The lowest BCUT2D eigenvalue weighted by Gasteiger charge is -2.37. The number of halogens is 2. The number of carboxylic acid groups (broad SMARTS) is 1. The first-order valence-electron chi connectivity index (χ1n) is 7.06. The SMILES string of the molecule is CC/C(=C\c1ccc(OC2(C(=O)O)CCC2)c(Cl)c1Cl)[N+](=O)[O-]. The van der Waals surface area contributed by atoms with Gasteiger partial charge in [0.2, 0.25) is 11.3 Å². The third kappa shape index (κ3) is 3.43. The highest BCUT2D eigenvalue weighted by Gasteiger charge is 2.47. The first-order valence-corrected chi connectivity index (χ1v) is 7.81. The van der Waals surface area contributed by atoms with Crippen LogP contribution in [-0.2, 0) is 4.79 Å². The van der Waals surface area contributed by atoms with E-state index >= 15 is 0 Å². The summed E-state index contributed by atoms with van der Waals surface area (Å²) in [5, 5.41) is 20.3. The lowest BCUT2D eigenvalue weighted by Crippen LogP contribution is -2.50. The number of hydrogen-bond donors (Lipinski definition) is 1. The van der Waals surface area contributed by atoms with Gasteiger partial charge in [0.1, 0.15) is 10.8 Å². The number of aliphatic carboxylic acids is 1. The Hall–Kier alpha value is -1.79. The van der Waals surface area contributed by atoms with Crippen LogP contribution >= 0.6 is 23.2 Å². The summed E-state index contributed by atoms with van der Waals surface area (Å²) in [5.74, 6) is -0.878. The molecular formula is C15H15Cl2NO5. The second kappa shape index (κ2) is 6.76. The zero-order chi connectivity index (χ0) is 17.2. The van der Waals surface area contributed by atoms with Gasteiger partial charge in [0, 0.05) is 18.1 Å². The highest BCUT2D eigenvalue weighted by Crippen LogP contribution is 2.42. The van der Waals surface area contributed by atoms with Crippen molar-refractivity contribution in [2.24, 2.45) is 0 Å². The molecule has 0 saturated heterocycles. The molecule has 0 spiro atoms. The molecule has 1 aliphatic carbocycles. The Balaban J connectivity index is 2.34. The summed E-state index contributed by atoms with van der Waals surface area (Å²) in [5.41, 5.74) is -0.882. The molecule has 8 heteroatoms. The predicted molar refractivity (Wildman–Crippen MR) is 86.6 cm³/mol. The number of carboxylic acids is 1. The maximum absolute atomic E-state index is 11.3. The van der Waals surface area contributed by atoms with Crippen molar-refractivity contribution in [3.05, 3.63) is 43.6 Å². The number of allylic oxidation sites excluding steroid dienone is 1. The molecule has 23 heavy (non-hydrogen) atoms. The van der Waals surface area contributed by atoms with Gasteiger partial charge in [-0.05, 0) is 31.4 Å². The summed E-state index contributed by atoms with van der Waals surface area (Å²) in [6, 6.07) is 3.01. The second-order valence-corrected chi connectivity index (χ2v) is 6.04. The van der Waals surface area contributed by atoms with Gasteiger partial charge in [-0.25, -0.2) is 4.79 Å². The standard InChI is InChI=1S/C15H15Cl2NO5/c1-2-10(18(21)22)8-9-4-5-11(13(17)12(9)16)23-15(14(19)20)6-3-7-15/h4-5,8H,2-3,6-7H2,1H3,(H,19,20)/b10-8+. The number of nitro groups is 1. The molecule has 1 saturated carbocycles. The Morgan fingerprint density at radius 1 is 1.43 bits per heavy atom. The van der Waals surface area contributed by atoms with E-state index in [1.165, 1.54) is 18.2 Å². The van der Waals surface area contributed by atoms with Crippen LogP contribution in [0.3, 0.4) is 0 Å². The topological polar surface area (TPSA) is 89.7 Å². The maximum Gasteiger partial charge on any atom is 0.348 e. The summed E-state index contributed by atoms with van der Waals surface area (Å²) in [6.07, 6.45) is 3.15. The van der Waals surface area contributed by atoms with Crippen LogP contribution in [-0.4, -0.2) is 21.6 Å². The maximum atomic E-state index is 11.3. The van der Waals surface area contributed by atoms with Gasteiger partial charge >= 0.3 is 5.97 Å². The number of hydrogen-bond acceptors (Lipinski definition) is 4. The average Bonchev–Trinajstić information content (AvgIpc) is 2.45. The fourth-order valence-corrected chi connectivity index (χ4v) is 2.69. The molecule has 0 aliphatic heterocycles. The molecule has 1 aromatic carbocycles. The number of benzene rings is 1. The van der Waals surface area contributed by atoms with Crippen LogP contribution in [0.25, 0.3) is 6.08 Å². The van der Waals surface area contributed by atoms with E-state index in [4.69, 9.17) is 27.9 Å². The number of ether oxygens (including phenoxy) is 1. The van der Waals surface area contributed by atoms with E-state index in [0.717, 1.165) is 6.42 Å². The molecular weight excluding hydrogens is 345 g/mol. The molecule has 1 aliphatic rings. The molecule has 0 atom stereocenters. The van der Waals surface area contributed by atoms with Gasteiger partial charge in [0.05, 0.1) is 9.95 Å². The molecule has 0 heterocycles. The fraction of sp³-hybridized carbons (Fsp3) is 0.400. The Bertz CT molecular complexity index is 683. The molecule has 1 N–H and O–H groups in total. The highest BCUT2D eigenvalue weighted by atomic mass is 35.5. The zero-order valence-corrected chi connectivity index (χ0v) is 13.9. The molecule has 1 aromatic rings. The number of rotatable bonds is 6. The van der Waals surface area contributed by atoms with Gasteiger partial charge < -0.3 is 9.84 Å². The van der Waals surface area contributed by atoms with E-state index in [9.17, 15) is 20.0 Å². The van der Waals surface area contributed by atoms with Gasteiger partial charge in [-0.2, -0.15) is 0 Å². The van der Waals surface area contributed by atoms with Gasteiger partial charge in [0.25, 0.3) is 0 Å². The molecule has 1 fully saturated rings. The van der Waals surface area contributed by atoms with Crippen molar-refractivity contribution in [3.63, 3.8) is 0 Å². The number of nitrogens with zero attached hydrogens (tertiary/aromatic N) is 1. The first kappa shape index (κ1) is 17.6. The molecule has 124 valence electrons. The third-order valence-electron chi connectivity index (χ3n) is 3.85. The van der Waals surface area contributed by atoms with Crippen molar-refractivity contribution < 1.29 is 19.6 Å². The predicted octanol–water partition coefficient (Wildman–Crippen LogP) is 4.41. The van der Waals surface area contributed by atoms with Gasteiger partial charge in [-0.3, -0.25) is 10.1 Å². The van der Waals surface area contributed by atoms with E-state index in [2.05, 4.69) is 0 Å². The first-order chi connectivity index (χ1) is 10.8. The zero-order valence-electron chi connectivity index (χ0n) is 12.3. The van der Waals surface area contributed by atoms with Crippen molar-refractivity contribution in [2.45, 2.75) is 38.2 Å². The van der Waals surface area contributed by atoms with E-state index in [1.54, 1.807) is 6.92 Å². The molecule has 2 rings (SSSR count). The van der Waals surface area contributed by atoms with Crippen LogP contribution < -0.4 is 4.74 Å². The Morgan fingerprint density at radius 2 is 2.09 bits per heavy atom. The van der Waals surface area contributed by atoms with E-state index in [1.807, 2.05) is 0 Å². The Morgan fingerprint density at radius 3 is 2.52 bits per heavy atom. The van der Waals surface area contributed by atoms with Crippen molar-refractivity contribution in [1.29, 1.82) is 0 Å². The van der Waals surface area contributed by atoms with Crippen LogP contribution in [0.1, 0.15) is 38.2 Å². The summed E-state index contributed by atoms with van der Waals surface area (Å²) < 4.78 is 5.57. The Labute approximate surface area is 142 Å². The minimum absolute atomic E-state index is 0.00219. The summed E-state index contributed by atoms with van der Waals surface area (Å²) in [6.45, 7) is 1.66. The third-order valence-corrected chi connectivity index (χ3v) is 4.73. The smallest absolute Gasteiger partial charge is 0.348 e. The van der Waals surface area contributed by atoms with Crippen LogP contribution in [0, 0.1) is 10.1 Å². The van der Waals surface area contributed by atoms with Crippen molar-refractivity contribution in [1.82, 2.24) is 0 Å². The minimum atomic E-state index is -1.26. The van der Waals surface area contributed by atoms with Crippen molar-refractivity contribution in [3.8, 4) is 5.75 Å². The summed E-state index contributed by atoms with van der Waals surface area (Å²) in [7, 11) is 0. The molecule has 0 unspecified atom stereocenters. The fourth-order valence-electron chi connectivity index (χ4n) is 2.27. The molecule has 0 amide bonds. The summed E-state index contributed by atoms with van der Waals surface area (Å²) in [4.78, 5) is 21.7. The van der Waals surface area contributed by atoms with E-state index < -0.39 is 16.5 Å². The Kier molecular flexibility index (Phi) is 5.16. The van der Waals surface area contributed by atoms with Crippen LogP contribution in [0.5, 0.6) is 5.75 Å². The average molecular weight is 360 g/mol. The lowest BCUT2D eigenvalue weighted by atomic mass is 9.80. The van der Waals surface area contributed by atoms with Crippen LogP contribution in [0.2, 0.25) is 10.0 Å². The molecule has 0 radical (unpaired) electrons. The minimum Gasteiger partial charge on any atom is -0.478 e. The van der Waals surface area contributed by atoms with Crippen molar-refractivity contribution in [2.75, 3.05) is 0 Å². The monoisotopic (exact) mass is 359 g/mol. The van der Waals surface area contributed by atoms with Gasteiger partial charge in [-0.15, -0.1) is 0 Å². The van der Waals surface area contributed by atoms with Gasteiger partial charge in [-0.1, -0.05) is 30.1 Å². The quantitative estimate of drug-likeness (QED) is 0.600. The molecule has 0 bridgehead atoms. The normalized spacial score (nSPS) is 16.6. The highest BCUT2D eigenvalue weighted by molar-refractivity contribution is 6.43.